The first-order chi connectivity index (χ1) is 6.22. The zero-order chi connectivity index (χ0) is 10.1. The van der Waals surface area contributed by atoms with Crippen molar-refractivity contribution < 1.29 is 15.7 Å². The molecular formula is C10H19O3P. The van der Waals surface area contributed by atoms with Crippen LogP contribution in [0.2, 0.25) is 0 Å². The van der Waals surface area contributed by atoms with Crippen LogP contribution in [0.5, 0.6) is 11.5 Å². The smallest absolute Gasteiger partial charge is 0.157 e. The van der Waals surface area contributed by atoms with Crippen molar-refractivity contribution in [3.63, 3.8) is 0 Å². The van der Waals surface area contributed by atoms with Gasteiger partial charge < -0.3 is 15.7 Å². The Bertz CT molecular complexity index is 205. The molecule has 1 rings (SSSR count). The highest BCUT2D eigenvalue weighted by Crippen LogP contribution is 2.21. The lowest BCUT2D eigenvalue weighted by Crippen LogP contribution is -1.64. The molecule has 0 amide bonds. The van der Waals surface area contributed by atoms with Crippen LogP contribution in [-0.2, 0) is 0 Å². The number of phenolic OH excluding ortho intramolecular Hbond substituents is 2. The normalized spacial score (nSPS) is 8.14. The second kappa shape index (κ2) is 10.3. The highest BCUT2D eigenvalue weighted by Gasteiger charge is 1.90. The maximum absolute atomic E-state index is 8.67. The summed E-state index contributed by atoms with van der Waals surface area (Å²) in [6.07, 6.45) is 3.94. The summed E-state index contributed by atoms with van der Waals surface area (Å²) in [5.74, 6) is -0.153. The van der Waals surface area contributed by atoms with E-state index in [2.05, 4.69) is 16.2 Å². The van der Waals surface area contributed by atoms with Crippen molar-refractivity contribution in [1.29, 1.82) is 0 Å². The Morgan fingerprint density at radius 2 is 1.57 bits per heavy atom. The van der Waals surface area contributed by atoms with Gasteiger partial charge in [0, 0.05) is 0 Å². The number of benzene rings is 1. The van der Waals surface area contributed by atoms with Gasteiger partial charge in [-0.2, -0.15) is 0 Å². The van der Waals surface area contributed by atoms with Crippen molar-refractivity contribution >= 4 is 9.24 Å². The molecule has 0 bridgehead atoms. The Labute approximate surface area is 87.3 Å². The third-order valence-electron chi connectivity index (χ3n) is 1.44. The van der Waals surface area contributed by atoms with Crippen molar-refractivity contribution in [2.24, 2.45) is 0 Å². The molecule has 0 aliphatic rings. The van der Waals surface area contributed by atoms with Gasteiger partial charge in [-0.05, 0) is 18.3 Å². The fourth-order valence-corrected chi connectivity index (χ4v) is 1.08. The first-order valence-corrected chi connectivity index (χ1v) is 5.21. The second-order valence-electron chi connectivity index (χ2n) is 2.63. The summed E-state index contributed by atoms with van der Waals surface area (Å²) in [6, 6.07) is 6.15. The second-order valence-corrected chi connectivity index (χ2v) is 3.21. The maximum Gasteiger partial charge on any atom is 0.157 e. The van der Waals surface area contributed by atoms with E-state index < -0.39 is 0 Å². The maximum atomic E-state index is 8.67. The molecule has 0 radical (unpaired) electrons. The molecule has 1 atom stereocenters. The van der Waals surface area contributed by atoms with E-state index in [1.807, 2.05) is 0 Å². The van der Waals surface area contributed by atoms with E-state index in [4.69, 9.17) is 10.2 Å². The SMILES string of the molecule is CCCCP.O.Oc1ccccc1O. The molecule has 82 valence electrons. The van der Waals surface area contributed by atoms with Crippen molar-refractivity contribution in [2.45, 2.75) is 19.8 Å². The fourth-order valence-electron chi connectivity index (χ4n) is 0.668. The van der Waals surface area contributed by atoms with Crippen LogP contribution >= 0.6 is 9.24 Å². The van der Waals surface area contributed by atoms with Crippen LogP contribution in [0.15, 0.2) is 24.3 Å². The molecule has 1 aromatic carbocycles. The number of hydrogen-bond acceptors (Lipinski definition) is 2. The highest BCUT2D eigenvalue weighted by molar-refractivity contribution is 7.16. The highest BCUT2D eigenvalue weighted by atomic mass is 31.0. The van der Waals surface area contributed by atoms with Gasteiger partial charge >= 0.3 is 0 Å². The summed E-state index contributed by atoms with van der Waals surface area (Å²) in [6.45, 7) is 2.20. The molecule has 0 heterocycles. The number of unbranched alkanes of at least 4 members (excludes halogenated alkanes) is 1. The Kier molecular flexibility index (Phi) is 11.5. The molecule has 0 fully saturated rings. The Morgan fingerprint density at radius 3 is 1.71 bits per heavy atom. The monoisotopic (exact) mass is 218 g/mol. The van der Waals surface area contributed by atoms with Gasteiger partial charge in [0.15, 0.2) is 11.5 Å². The average molecular weight is 218 g/mol. The minimum absolute atomic E-state index is 0. The number of aromatic hydroxyl groups is 2. The molecule has 3 nitrogen and oxygen atoms in total. The van der Waals surface area contributed by atoms with Gasteiger partial charge in [-0.15, -0.1) is 9.24 Å². The van der Waals surface area contributed by atoms with E-state index in [-0.39, 0.29) is 17.0 Å². The van der Waals surface area contributed by atoms with Crippen LogP contribution in [0.25, 0.3) is 0 Å². The first kappa shape index (κ1) is 15.7. The molecule has 0 saturated carbocycles. The van der Waals surface area contributed by atoms with Gasteiger partial charge in [-0.25, -0.2) is 0 Å². The van der Waals surface area contributed by atoms with Gasteiger partial charge in [-0.1, -0.05) is 31.9 Å². The molecule has 1 aromatic rings. The van der Waals surface area contributed by atoms with E-state index in [9.17, 15) is 0 Å². The third-order valence-corrected chi connectivity index (χ3v) is 1.85. The average Bonchev–Trinajstić information content (AvgIpc) is 2.13. The van der Waals surface area contributed by atoms with Gasteiger partial charge in [0.1, 0.15) is 0 Å². The van der Waals surface area contributed by atoms with Crippen LogP contribution in [0.1, 0.15) is 19.8 Å². The topological polar surface area (TPSA) is 72.0 Å². The summed E-state index contributed by atoms with van der Waals surface area (Å²) >= 11 is 0. The van der Waals surface area contributed by atoms with Crippen LogP contribution in [0.3, 0.4) is 0 Å². The van der Waals surface area contributed by atoms with Crippen molar-refractivity contribution in [2.75, 3.05) is 6.16 Å². The Balaban J connectivity index is 0. The predicted octanol–water partition coefficient (Wildman–Crippen LogP) is 1.93. The van der Waals surface area contributed by atoms with Gasteiger partial charge in [0.2, 0.25) is 0 Å². The molecule has 0 aliphatic heterocycles. The van der Waals surface area contributed by atoms with Crippen LogP contribution in [-0.4, -0.2) is 21.9 Å². The molecule has 0 spiro atoms. The lowest BCUT2D eigenvalue weighted by molar-refractivity contribution is 0.404. The Hall–Kier alpha value is -0.790. The van der Waals surface area contributed by atoms with Crippen molar-refractivity contribution in [3.05, 3.63) is 24.3 Å². The molecule has 0 aromatic heterocycles. The number of phenols is 2. The van der Waals surface area contributed by atoms with Crippen molar-refractivity contribution in [3.8, 4) is 11.5 Å². The minimum atomic E-state index is -0.0764. The van der Waals surface area contributed by atoms with Gasteiger partial charge in [0.05, 0.1) is 0 Å². The molecular weight excluding hydrogens is 199 g/mol. The lowest BCUT2D eigenvalue weighted by atomic mass is 10.3. The van der Waals surface area contributed by atoms with E-state index in [1.54, 1.807) is 12.1 Å². The molecule has 1 unspecified atom stereocenters. The summed E-state index contributed by atoms with van der Waals surface area (Å²) < 4.78 is 0. The quantitative estimate of drug-likeness (QED) is 0.588. The van der Waals surface area contributed by atoms with E-state index >= 15 is 0 Å². The summed E-state index contributed by atoms with van der Waals surface area (Å²) in [5, 5.41) is 17.3. The van der Waals surface area contributed by atoms with Gasteiger partial charge in [0.25, 0.3) is 0 Å². The van der Waals surface area contributed by atoms with E-state index in [1.165, 1.54) is 31.1 Å². The molecule has 4 heteroatoms. The fraction of sp³-hybridized carbons (Fsp3) is 0.400. The zero-order valence-corrected chi connectivity index (χ0v) is 9.56. The van der Waals surface area contributed by atoms with E-state index in [0.717, 1.165) is 0 Å². The summed E-state index contributed by atoms with van der Waals surface area (Å²) in [5.41, 5.74) is 0. The van der Waals surface area contributed by atoms with Crippen LogP contribution in [0.4, 0.5) is 0 Å². The predicted molar refractivity (Wildman–Crippen MR) is 62.9 cm³/mol. The van der Waals surface area contributed by atoms with E-state index in [0.29, 0.717) is 0 Å². The standard InChI is InChI=1S/C6H6O2.C4H11P.H2O/c7-5-3-1-2-4-6(5)8;1-2-3-4-5;/h1-4,7-8H;2-5H2,1H3;1H2. The molecule has 4 N–H and O–H groups in total. The zero-order valence-electron chi connectivity index (χ0n) is 8.40. The molecule has 0 aliphatic carbocycles. The van der Waals surface area contributed by atoms with Crippen LogP contribution in [0, 0.1) is 0 Å². The van der Waals surface area contributed by atoms with Crippen LogP contribution < -0.4 is 0 Å². The lowest BCUT2D eigenvalue weighted by Gasteiger charge is -1.91. The number of hydrogen-bond donors (Lipinski definition) is 2. The molecule has 0 saturated heterocycles. The largest absolute Gasteiger partial charge is 0.504 e. The first-order valence-electron chi connectivity index (χ1n) is 4.39. The van der Waals surface area contributed by atoms with Gasteiger partial charge in [-0.3, -0.25) is 0 Å². The Morgan fingerprint density at radius 1 is 1.14 bits per heavy atom. The third kappa shape index (κ3) is 7.84. The number of rotatable bonds is 2. The minimum Gasteiger partial charge on any atom is -0.504 e. The number of para-hydroxylation sites is 2. The van der Waals surface area contributed by atoms with Crippen molar-refractivity contribution in [1.82, 2.24) is 0 Å². The summed E-state index contributed by atoms with van der Waals surface area (Å²) in [7, 11) is 2.70. The summed E-state index contributed by atoms with van der Waals surface area (Å²) in [4.78, 5) is 0. The molecule has 14 heavy (non-hydrogen) atoms.